The molecule has 0 aromatic heterocycles. The number of benzene rings is 1. The van der Waals surface area contributed by atoms with Crippen molar-refractivity contribution in [2.24, 2.45) is 5.92 Å². The first kappa shape index (κ1) is 13.0. The third-order valence-corrected chi connectivity index (χ3v) is 4.54. The molecule has 1 aliphatic heterocycles. The predicted octanol–water partition coefficient (Wildman–Crippen LogP) is 3.39. The molecule has 1 aliphatic carbocycles. The lowest BCUT2D eigenvalue weighted by atomic mass is 10.0. The third-order valence-electron chi connectivity index (χ3n) is 4.54. The van der Waals surface area contributed by atoms with Crippen LogP contribution in [0.2, 0.25) is 0 Å². The minimum Gasteiger partial charge on any atom is -0.370 e. The van der Waals surface area contributed by atoms with E-state index in [1.165, 1.54) is 50.1 Å². The van der Waals surface area contributed by atoms with Crippen LogP contribution in [-0.2, 0) is 0 Å². The summed E-state index contributed by atoms with van der Waals surface area (Å²) >= 11 is 0. The quantitative estimate of drug-likeness (QED) is 0.894. The van der Waals surface area contributed by atoms with Gasteiger partial charge in [-0.05, 0) is 55.3 Å². The highest BCUT2D eigenvalue weighted by molar-refractivity contribution is 5.48. The van der Waals surface area contributed by atoms with Crippen molar-refractivity contribution in [3.8, 4) is 0 Å². The minimum atomic E-state index is 0.624. The van der Waals surface area contributed by atoms with Gasteiger partial charge in [0.15, 0.2) is 0 Å². The molecule has 1 saturated heterocycles. The molecule has 19 heavy (non-hydrogen) atoms. The third kappa shape index (κ3) is 3.11. The van der Waals surface area contributed by atoms with Gasteiger partial charge >= 0.3 is 0 Å². The Kier molecular flexibility index (Phi) is 3.79. The van der Waals surface area contributed by atoms with Crippen molar-refractivity contribution in [3.63, 3.8) is 0 Å². The maximum Gasteiger partial charge on any atom is 0.0366 e. The van der Waals surface area contributed by atoms with E-state index in [-0.39, 0.29) is 0 Å². The van der Waals surface area contributed by atoms with Gasteiger partial charge < -0.3 is 10.2 Å². The summed E-state index contributed by atoms with van der Waals surface area (Å²) in [6.07, 6.45) is 4.12. The van der Waals surface area contributed by atoms with Crippen LogP contribution in [0.5, 0.6) is 0 Å². The minimum absolute atomic E-state index is 0.624. The van der Waals surface area contributed by atoms with E-state index in [4.69, 9.17) is 0 Å². The van der Waals surface area contributed by atoms with E-state index in [1.54, 1.807) is 0 Å². The Labute approximate surface area is 117 Å². The molecule has 3 rings (SSSR count). The van der Waals surface area contributed by atoms with Crippen LogP contribution in [-0.4, -0.2) is 25.7 Å². The lowest BCUT2D eigenvalue weighted by Crippen LogP contribution is -2.39. The van der Waals surface area contributed by atoms with Crippen LogP contribution in [0.15, 0.2) is 24.3 Å². The van der Waals surface area contributed by atoms with Crippen LogP contribution >= 0.6 is 0 Å². The van der Waals surface area contributed by atoms with Crippen LogP contribution < -0.4 is 10.2 Å². The van der Waals surface area contributed by atoms with Crippen molar-refractivity contribution in [1.82, 2.24) is 5.32 Å². The van der Waals surface area contributed by atoms with Crippen LogP contribution in [0.3, 0.4) is 0 Å². The average molecular weight is 258 g/mol. The van der Waals surface area contributed by atoms with Crippen LogP contribution in [0.4, 0.5) is 5.69 Å². The van der Waals surface area contributed by atoms with Crippen molar-refractivity contribution in [3.05, 3.63) is 29.8 Å². The molecule has 2 nitrogen and oxygen atoms in total. The summed E-state index contributed by atoms with van der Waals surface area (Å²) in [5, 5.41) is 3.73. The molecular formula is C17H26N2. The lowest BCUT2D eigenvalue weighted by Gasteiger charge is -2.27. The fourth-order valence-electron chi connectivity index (χ4n) is 3.07. The monoisotopic (exact) mass is 258 g/mol. The molecule has 0 bridgehead atoms. The summed E-state index contributed by atoms with van der Waals surface area (Å²) in [7, 11) is 0. The van der Waals surface area contributed by atoms with E-state index in [2.05, 4.69) is 48.3 Å². The van der Waals surface area contributed by atoms with Gasteiger partial charge in [0.25, 0.3) is 0 Å². The Morgan fingerprint density at radius 1 is 1.16 bits per heavy atom. The Bertz CT molecular complexity index is 406. The van der Waals surface area contributed by atoms with Gasteiger partial charge in [0.2, 0.25) is 0 Å². The standard InChI is InChI=1S/C17H26N2/c1-13(2)14-6-8-16(9-7-14)19-11-3-10-18-17(12-19)15-4-5-15/h6-9,13,15,17-18H,3-5,10-12H2,1-2H3. The van der Waals surface area contributed by atoms with Gasteiger partial charge in [-0.15, -0.1) is 0 Å². The summed E-state index contributed by atoms with van der Waals surface area (Å²) in [6, 6.07) is 9.93. The van der Waals surface area contributed by atoms with Gasteiger partial charge in [-0.25, -0.2) is 0 Å². The SMILES string of the molecule is CC(C)c1ccc(N2CCCNC(C3CC3)C2)cc1. The summed E-state index contributed by atoms with van der Waals surface area (Å²) in [4.78, 5) is 2.58. The summed E-state index contributed by atoms with van der Waals surface area (Å²) in [5.41, 5.74) is 2.84. The molecule has 0 spiro atoms. The second-order valence-corrected chi connectivity index (χ2v) is 6.44. The van der Waals surface area contributed by atoms with Crippen molar-refractivity contribution >= 4 is 5.69 Å². The molecule has 1 atom stereocenters. The number of hydrogen-bond donors (Lipinski definition) is 1. The van der Waals surface area contributed by atoms with Gasteiger partial charge in [0.1, 0.15) is 0 Å². The van der Waals surface area contributed by atoms with E-state index in [9.17, 15) is 0 Å². The Morgan fingerprint density at radius 2 is 1.89 bits per heavy atom. The number of nitrogens with zero attached hydrogens (tertiary/aromatic N) is 1. The second kappa shape index (κ2) is 5.54. The van der Waals surface area contributed by atoms with E-state index in [0.29, 0.717) is 12.0 Å². The Hall–Kier alpha value is -1.02. The fraction of sp³-hybridized carbons (Fsp3) is 0.647. The maximum atomic E-state index is 3.73. The first-order valence-electron chi connectivity index (χ1n) is 7.82. The topological polar surface area (TPSA) is 15.3 Å². The summed E-state index contributed by atoms with van der Waals surface area (Å²) < 4.78 is 0. The smallest absolute Gasteiger partial charge is 0.0366 e. The van der Waals surface area contributed by atoms with Gasteiger partial charge in [-0.3, -0.25) is 0 Å². The zero-order valence-corrected chi connectivity index (χ0v) is 12.2. The first-order chi connectivity index (χ1) is 9.24. The van der Waals surface area contributed by atoms with E-state index < -0.39 is 0 Å². The van der Waals surface area contributed by atoms with Crippen LogP contribution in [0.1, 0.15) is 44.6 Å². The first-order valence-corrected chi connectivity index (χ1v) is 7.82. The van der Waals surface area contributed by atoms with Crippen LogP contribution in [0.25, 0.3) is 0 Å². The largest absolute Gasteiger partial charge is 0.370 e. The van der Waals surface area contributed by atoms with E-state index in [0.717, 1.165) is 5.92 Å². The van der Waals surface area contributed by atoms with Gasteiger partial charge in [0, 0.05) is 24.8 Å². The predicted molar refractivity (Wildman–Crippen MR) is 81.9 cm³/mol. The molecule has 0 amide bonds. The summed E-state index contributed by atoms with van der Waals surface area (Å²) in [5.74, 6) is 1.56. The second-order valence-electron chi connectivity index (χ2n) is 6.44. The molecule has 1 saturated carbocycles. The molecule has 1 aromatic rings. The molecule has 1 aromatic carbocycles. The maximum absolute atomic E-state index is 3.73. The van der Waals surface area contributed by atoms with Crippen LogP contribution in [0, 0.1) is 5.92 Å². The number of anilines is 1. The summed E-state index contributed by atoms with van der Waals surface area (Å²) in [6.45, 7) is 8.08. The molecular weight excluding hydrogens is 232 g/mol. The van der Waals surface area contributed by atoms with Crippen molar-refractivity contribution in [2.75, 3.05) is 24.5 Å². The van der Waals surface area contributed by atoms with E-state index in [1.807, 2.05) is 0 Å². The Balaban J connectivity index is 1.71. The average Bonchev–Trinajstić information content (AvgIpc) is 3.25. The van der Waals surface area contributed by atoms with Crippen molar-refractivity contribution in [1.29, 1.82) is 0 Å². The zero-order valence-electron chi connectivity index (χ0n) is 12.2. The fourth-order valence-corrected chi connectivity index (χ4v) is 3.07. The molecule has 2 fully saturated rings. The zero-order chi connectivity index (χ0) is 13.2. The van der Waals surface area contributed by atoms with Gasteiger partial charge in [-0.2, -0.15) is 0 Å². The Morgan fingerprint density at radius 3 is 2.53 bits per heavy atom. The molecule has 2 aliphatic rings. The van der Waals surface area contributed by atoms with Gasteiger partial charge in [0.05, 0.1) is 0 Å². The van der Waals surface area contributed by atoms with Gasteiger partial charge in [-0.1, -0.05) is 26.0 Å². The number of rotatable bonds is 3. The number of hydrogen-bond acceptors (Lipinski definition) is 2. The van der Waals surface area contributed by atoms with Crippen molar-refractivity contribution < 1.29 is 0 Å². The highest BCUT2D eigenvalue weighted by Gasteiger charge is 2.33. The number of nitrogens with one attached hydrogen (secondary N) is 1. The molecule has 1 heterocycles. The highest BCUT2D eigenvalue weighted by atomic mass is 15.2. The van der Waals surface area contributed by atoms with E-state index >= 15 is 0 Å². The molecule has 1 unspecified atom stereocenters. The molecule has 0 radical (unpaired) electrons. The normalized spacial score (nSPS) is 24.6. The molecule has 2 heteroatoms. The highest BCUT2D eigenvalue weighted by Crippen LogP contribution is 2.34. The molecule has 104 valence electrons. The lowest BCUT2D eigenvalue weighted by molar-refractivity contribution is 0.490. The molecule has 1 N–H and O–H groups in total. The van der Waals surface area contributed by atoms with Crippen molar-refractivity contribution in [2.45, 2.75) is 45.1 Å².